The Kier molecular flexibility index (Phi) is 7.23. The third-order valence-corrected chi connectivity index (χ3v) is 4.22. The first-order valence-corrected chi connectivity index (χ1v) is 8.40. The van der Waals surface area contributed by atoms with Crippen LogP contribution in [-0.4, -0.2) is 44.1 Å². The highest BCUT2D eigenvalue weighted by Crippen LogP contribution is 2.17. The third-order valence-electron chi connectivity index (χ3n) is 4.22. The van der Waals surface area contributed by atoms with E-state index >= 15 is 0 Å². The van der Waals surface area contributed by atoms with Crippen molar-refractivity contribution in [2.75, 3.05) is 33.3 Å². The Hall–Kier alpha value is -1.55. The van der Waals surface area contributed by atoms with Crippen LogP contribution in [0.25, 0.3) is 0 Å². The molecule has 1 fully saturated rings. The van der Waals surface area contributed by atoms with E-state index in [1.807, 2.05) is 24.3 Å². The number of amides is 1. The molecule has 0 saturated carbocycles. The van der Waals surface area contributed by atoms with Gasteiger partial charge in [-0.3, -0.25) is 9.69 Å². The number of nitrogens with zero attached hydrogens (tertiary/aromatic N) is 1. The van der Waals surface area contributed by atoms with E-state index < -0.39 is 0 Å². The number of nitrogens with one attached hydrogen (secondary N) is 1. The molecule has 0 aliphatic carbocycles. The summed E-state index contributed by atoms with van der Waals surface area (Å²) >= 11 is 0. The second kappa shape index (κ2) is 9.46. The number of hydrogen-bond acceptors (Lipinski definition) is 3. The first-order valence-electron chi connectivity index (χ1n) is 8.40. The molecule has 0 spiro atoms. The van der Waals surface area contributed by atoms with Gasteiger partial charge in [-0.2, -0.15) is 0 Å². The summed E-state index contributed by atoms with van der Waals surface area (Å²) in [5, 5.41) is 3.03. The smallest absolute Gasteiger partial charge is 0.234 e. The van der Waals surface area contributed by atoms with E-state index in [0.717, 1.165) is 30.8 Å². The van der Waals surface area contributed by atoms with E-state index in [1.165, 1.54) is 32.1 Å². The van der Waals surface area contributed by atoms with Crippen LogP contribution in [0.2, 0.25) is 0 Å². The highest BCUT2D eigenvalue weighted by atomic mass is 16.5. The van der Waals surface area contributed by atoms with Gasteiger partial charge in [0.05, 0.1) is 13.7 Å². The Morgan fingerprint density at radius 3 is 2.55 bits per heavy atom. The van der Waals surface area contributed by atoms with Crippen LogP contribution < -0.4 is 10.1 Å². The van der Waals surface area contributed by atoms with E-state index in [-0.39, 0.29) is 5.91 Å². The molecule has 4 heteroatoms. The average Bonchev–Trinajstić information content (AvgIpc) is 2.50. The fourth-order valence-electron chi connectivity index (χ4n) is 2.98. The molecule has 1 aliphatic heterocycles. The maximum Gasteiger partial charge on any atom is 0.234 e. The van der Waals surface area contributed by atoms with Crippen LogP contribution in [0.5, 0.6) is 5.75 Å². The number of hydrogen-bond donors (Lipinski definition) is 1. The topological polar surface area (TPSA) is 41.6 Å². The second-order valence-corrected chi connectivity index (χ2v) is 5.96. The molecule has 0 unspecified atom stereocenters. The Morgan fingerprint density at radius 1 is 1.14 bits per heavy atom. The van der Waals surface area contributed by atoms with Crippen molar-refractivity contribution in [2.24, 2.45) is 0 Å². The molecule has 0 atom stereocenters. The van der Waals surface area contributed by atoms with E-state index in [2.05, 4.69) is 10.2 Å². The van der Waals surface area contributed by atoms with Crippen molar-refractivity contribution in [1.82, 2.24) is 10.2 Å². The zero-order chi connectivity index (χ0) is 15.6. The minimum Gasteiger partial charge on any atom is -0.496 e. The molecule has 1 N–H and O–H groups in total. The van der Waals surface area contributed by atoms with Gasteiger partial charge in [-0.1, -0.05) is 37.5 Å². The monoisotopic (exact) mass is 304 g/mol. The van der Waals surface area contributed by atoms with E-state index in [0.29, 0.717) is 13.1 Å². The lowest BCUT2D eigenvalue weighted by atomic mass is 10.1. The highest BCUT2D eigenvalue weighted by molar-refractivity contribution is 5.78. The molecule has 1 amide bonds. The van der Waals surface area contributed by atoms with Crippen LogP contribution in [-0.2, 0) is 11.2 Å². The molecule has 1 heterocycles. The quantitative estimate of drug-likeness (QED) is 0.878. The Balaban J connectivity index is 1.70. The first kappa shape index (κ1) is 16.8. The largest absolute Gasteiger partial charge is 0.496 e. The number of para-hydroxylation sites is 1. The van der Waals surface area contributed by atoms with Crippen molar-refractivity contribution in [3.8, 4) is 5.75 Å². The van der Waals surface area contributed by atoms with Crippen molar-refractivity contribution in [2.45, 2.75) is 38.5 Å². The maximum atomic E-state index is 12.1. The number of benzene rings is 1. The summed E-state index contributed by atoms with van der Waals surface area (Å²) in [5.41, 5.74) is 1.14. The standard InChI is InChI=1S/C18H28N2O2/c1-22-17-10-6-5-9-16(17)11-12-19-18(21)15-20-13-7-3-2-4-8-14-20/h5-6,9-10H,2-4,7-8,11-15H2,1H3,(H,19,21). The number of rotatable bonds is 6. The number of methoxy groups -OCH3 is 1. The molecule has 1 aromatic rings. The second-order valence-electron chi connectivity index (χ2n) is 5.96. The Labute approximate surface area is 133 Å². The summed E-state index contributed by atoms with van der Waals surface area (Å²) in [6.07, 6.45) is 7.18. The fraction of sp³-hybridized carbons (Fsp3) is 0.611. The van der Waals surface area contributed by atoms with Crippen LogP contribution in [0, 0.1) is 0 Å². The van der Waals surface area contributed by atoms with Crippen molar-refractivity contribution in [1.29, 1.82) is 0 Å². The van der Waals surface area contributed by atoms with Crippen molar-refractivity contribution in [3.05, 3.63) is 29.8 Å². The molecule has 2 rings (SSSR count). The molecule has 122 valence electrons. The van der Waals surface area contributed by atoms with Crippen molar-refractivity contribution >= 4 is 5.91 Å². The van der Waals surface area contributed by atoms with E-state index in [9.17, 15) is 4.79 Å². The predicted octanol–water partition coefficient (Wildman–Crippen LogP) is 2.62. The highest BCUT2D eigenvalue weighted by Gasteiger charge is 2.12. The summed E-state index contributed by atoms with van der Waals surface area (Å²) in [4.78, 5) is 14.4. The van der Waals surface area contributed by atoms with Gasteiger partial charge in [-0.15, -0.1) is 0 Å². The van der Waals surface area contributed by atoms with Gasteiger partial charge in [0, 0.05) is 6.54 Å². The predicted molar refractivity (Wildman–Crippen MR) is 89.2 cm³/mol. The molecule has 22 heavy (non-hydrogen) atoms. The number of likely N-dealkylation sites (tertiary alicyclic amines) is 1. The molecule has 4 nitrogen and oxygen atoms in total. The third kappa shape index (κ3) is 5.68. The molecule has 1 aromatic carbocycles. The lowest BCUT2D eigenvalue weighted by Gasteiger charge is -2.23. The van der Waals surface area contributed by atoms with Crippen molar-refractivity contribution < 1.29 is 9.53 Å². The Bertz CT molecular complexity index is 454. The summed E-state index contributed by atoms with van der Waals surface area (Å²) in [5.74, 6) is 1.02. The van der Waals surface area contributed by atoms with Gasteiger partial charge in [0.15, 0.2) is 0 Å². The molecular weight excluding hydrogens is 276 g/mol. The van der Waals surface area contributed by atoms with Crippen LogP contribution >= 0.6 is 0 Å². The normalized spacial score (nSPS) is 16.6. The average molecular weight is 304 g/mol. The van der Waals surface area contributed by atoms with Gasteiger partial charge in [0.25, 0.3) is 0 Å². The molecule has 0 bridgehead atoms. The molecule has 1 aliphatic rings. The maximum absolute atomic E-state index is 12.1. The van der Waals surface area contributed by atoms with Gasteiger partial charge in [0.1, 0.15) is 5.75 Å². The lowest BCUT2D eigenvalue weighted by molar-refractivity contribution is -0.122. The zero-order valence-corrected chi connectivity index (χ0v) is 13.6. The van der Waals surface area contributed by atoms with Crippen LogP contribution in [0.3, 0.4) is 0 Å². The van der Waals surface area contributed by atoms with Gasteiger partial charge < -0.3 is 10.1 Å². The molecule has 0 radical (unpaired) electrons. The van der Waals surface area contributed by atoms with Gasteiger partial charge in [0.2, 0.25) is 5.91 Å². The zero-order valence-electron chi connectivity index (χ0n) is 13.6. The summed E-state index contributed by atoms with van der Waals surface area (Å²) in [7, 11) is 1.68. The summed E-state index contributed by atoms with van der Waals surface area (Å²) in [6.45, 7) is 3.30. The molecular formula is C18H28N2O2. The van der Waals surface area contributed by atoms with Gasteiger partial charge in [-0.05, 0) is 44.0 Å². The lowest BCUT2D eigenvalue weighted by Crippen LogP contribution is -2.39. The minimum absolute atomic E-state index is 0.135. The van der Waals surface area contributed by atoms with Gasteiger partial charge in [-0.25, -0.2) is 0 Å². The summed E-state index contributed by atoms with van der Waals surface area (Å²) < 4.78 is 5.33. The number of carbonyl (C=O) groups is 1. The van der Waals surface area contributed by atoms with E-state index in [1.54, 1.807) is 7.11 Å². The van der Waals surface area contributed by atoms with Crippen LogP contribution in [0.15, 0.2) is 24.3 Å². The fourth-order valence-corrected chi connectivity index (χ4v) is 2.98. The molecule has 1 saturated heterocycles. The number of ether oxygens (including phenoxy) is 1. The van der Waals surface area contributed by atoms with Gasteiger partial charge >= 0.3 is 0 Å². The van der Waals surface area contributed by atoms with Crippen LogP contribution in [0.1, 0.15) is 37.7 Å². The minimum atomic E-state index is 0.135. The first-order chi connectivity index (χ1) is 10.8. The number of carbonyl (C=O) groups excluding carboxylic acids is 1. The van der Waals surface area contributed by atoms with Crippen LogP contribution in [0.4, 0.5) is 0 Å². The Morgan fingerprint density at radius 2 is 1.82 bits per heavy atom. The summed E-state index contributed by atoms with van der Waals surface area (Å²) in [6, 6.07) is 7.96. The SMILES string of the molecule is COc1ccccc1CCNC(=O)CN1CCCCCCC1. The van der Waals surface area contributed by atoms with E-state index in [4.69, 9.17) is 4.74 Å². The molecule has 0 aromatic heterocycles. The van der Waals surface area contributed by atoms with Crippen molar-refractivity contribution in [3.63, 3.8) is 0 Å².